The molecule has 2 N–H and O–H groups in total. The van der Waals surface area contributed by atoms with E-state index in [-0.39, 0.29) is 83.0 Å². The summed E-state index contributed by atoms with van der Waals surface area (Å²) in [7, 11) is 0. The lowest BCUT2D eigenvalue weighted by molar-refractivity contribution is 0.108. The number of fused-ring (bicyclic) bond motifs is 5. The van der Waals surface area contributed by atoms with E-state index in [2.05, 4.69) is 21.2 Å². The molecule has 4 aromatic rings. The maximum atomic E-state index is 17.0. The van der Waals surface area contributed by atoms with Crippen molar-refractivity contribution in [3.63, 3.8) is 0 Å². The Morgan fingerprint density at radius 2 is 2.15 bits per heavy atom. The van der Waals surface area contributed by atoms with Crippen molar-refractivity contribution in [2.24, 2.45) is 0 Å². The minimum atomic E-state index is -1.68. The first-order valence-corrected chi connectivity index (χ1v) is 16.0. The quantitative estimate of drug-likeness (QED) is 0.184. The third kappa shape index (κ3) is 4.86. The summed E-state index contributed by atoms with van der Waals surface area (Å²) in [6.07, 6.45) is 7.83. The first-order chi connectivity index (χ1) is 24.0. The number of halogens is 4. The summed E-state index contributed by atoms with van der Waals surface area (Å²) in [6, 6.07) is 5.15. The molecule has 4 atom stereocenters. The highest BCUT2D eigenvalue weighted by Gasteiger charge is 2.49. The molecule has 4 aliphatic rings. The van der Waals surface area contributed by atoms with E-state index in [4.69, 9.17) is 18.9 Å². The van der Waals surface area contributed by atoms with Crippen LogP contribution in [0.4, 0.5) is 23.4 Å². The van der Waals surface area contributed by atoms with Crippen LogP contribution in [0, 0.1) is 24.0 Å². The zero-order valence-electron chi connectivity index (χ0n) is 28.0. The molecule has 12 heteroatoms. The van der Waals surface area contributed by atoms with Crippen molar-refractivity contribution in [2.75, 3.05) is 37.7 Å². The molecule has 1 unspecified atom stereocenters. The van der Waals surface area contributed by atoms with Crippen LogP contribution < -0.4 is 15.0 Å². The second-order valence-corrected chi connectivity index (χ2v) is 13.4. The van der Waals surface area contributed by atoms with Crippen molar-refractivity contribution in [1.29, 1.82) is 0 Å². The minimum absolute atomic E-state index is 0.00980. The molecule has 48 heavy (non-hydrogen) atoms. The molecular formula is C36H34F4N6O2. The first-order valence-electron chi connectivity index (χ1n) is 17.3. The molecule has 0 aliphatic carbocycles. The van der Waals surface area contributed by atoms with Crippen molar-refractivity contribution < 1.29 is 30.1 Å². The Morgan fingerprint density at radius 3 is 2.96 bits per heavy atom. The maximum Gasteiger partial charge on any atom is 0.319 e. The van der Waals surface area contributed by atoms with Gasteiger partial charge in [-0.2, -0.15) is 18.7 Å². The molecular weight excluding hydrogens is 624 g/mol. The second kappa shape index (κ2) is 11.3. The van der Waals surface area contributed by atoms with Crippen LogP contribution in [0.2, 0.25) is 0 Å². The average molecular weight is 661 g/mol. The minimum Gasteiger partial charge on any atom is -0.508 e. The van der Waals surface area contributed by atoms with E-state index in [1.807, 2.05) is 9.80 Å². The summed E-state index contributed by atoms with van der Waals surface area (Å²) in [5, 5.41) is 15.0. The van der Waals surface area contributed by atoms with E-state index >= 15 is 4.39 Å². The lowest BCUT2D eigenvalue weighted by Crippen LogP contribution is -2.59. The third-order valence-electron chi connectivity index (χ3n) is 10.5. The van der Waals surface area contributed by atoms with Crippen molar-refractivity contribution in [3.8, 4) is 35.4 Å². The van der Waals surface area contributed by atoms with Gasteiger partial charge in [-0.3, -0.25) is 9.88 Å². The second-order valence-electron chi connectivity index (χ2n) is 13.4. The number of nitrogens with zero attached hydrogens (tertiary/aromatic N) is 5. The van der Waals surface area contributed by atoms with Crippen molar-refractivity contribution in [2.45, 2.75) is 62.5 Å². The normalized spacial score (nSPS) is 26.4. The van der Waals surface area contributed by atoms with Crippen LogP contribution >= 0.6 is 0 Å². The summed E-state index contributed by atoms with van der Waals surface area (Å²) >= 11 is 0. The number of rotatable bonds is 6. The number of nitrogens with one attached hydrogen (secondary N) is 1. The van der Waals surface area contributed by atoms with Crippen molar-refractivity contribution in [1.82, 2.24) is 25.2 Å². The lowest BCUT2D eigenvalue weighted by atomic mass is 9.93. The van der Waals surface area contributed by atoms with Gasteiger partial charge in [0.05, 0.1) is 16.5 Å². The number of aromatic nitrogens is 3. The number of terminal acetylenes is 1. The monoisotopic (exact) mass is 660 g/mol. The zero-order valence-corrected chi connectivity index (χ0v) is 26.0. The molecule has 2 bridgehead atoms. The largest absolute Gasteiger partial charge is 0.508 e. The van der Waals surface area contributed by atoms with E-state index < -0.39 is 35.2 Å². The molecule has 248 valence electrons. The van der Waals surface area contributed by atoms with E-state index in [0.29, 0.717) is 43.7 Å². The molecule has 0 saturated carbocycles. The number of benzene rings is 2. The van der Waals surface area contributed by atoms with Crippen LogP contribution in [0.1, 0.15) is 53.7 Å². The Morgan fingerprint density at radius 1 is 1.27 bits per heavy atom. The number of anilines is 1. The summed E-state index contributed by atoms with van der Waals surface area (Å²) in [5.74, 6) is 0.906. The van der Waals surface area contributed by atoms with Gasteiger partial charge in [0.15, 0.2) is 5.82 Å². The highest BCUT2D eigenvalue weighted by Crippen LogP contribution is 2.44. The SMILES string of the molecule is [2H]CC([2H])[C@@]12CC[C@@H](CN(c3nc(OC[C@@]45CCCN4CC(=C(F)F)C5)nc4c(F)c(-c5cc(O)cc6ccc(F)c(C#C)c56)ncc34)C1)N2. The fourth-order valence-electron chi connectivity index (χ4n) is 8.23. The van der Waals surface area contributed by atoms with E-state index in [1.54, 1.807) is 0 Å². The number of phenolic OH excluding ortho intramolecular Hbond substituents is 1. The standard InChI is InChI=1S/C36H34F4N6O2/c1-3-24-27(37)7-6-20-12-23(47)13-25(28(20)24)30-29(38)31-26(15-41-30)33(45-17-22-8-10-35(4-2,18-45)44-22)43-34(42-31)48-19-36-9-5-11-46(36)16-21(14-36)32(39)40/h1,6-7,12-13,15,22,44,47H,4-5,8-11,14,16-19H2,2H3/t22-,35+,36-/m0/s1/i2D,4D/t4?,22-,35+,36-. The first kappa shape index (κ1) is 28.5. The number of hydrogen-bond acceptors (Lipinski definition) is 8. The number of phenols is 1. The van der Waals surface area contributed by atoms with Gasteiger partial charge in [0.1, 0.15) is 35.2 Å². The fraction of sp³-hybridized carbons (Fsp3) is 0.417. The summed E-state index contributed by atoms with van der Waals surface area (Å²) < 4.78 is 82.1. The number of pyridine rings is 1. The van der Waals surface area contributed by atoms with Gasteiger partial charge in [-0.05, 0) is 68.6 Å². The van der Waals surface area contributed by atoms with Crippen LogP contribution in [0.3, 0.4) is 0 Å². The number of ether oxygens (including phenoxy) is 1. The summed E-state index contributed by atoms with van der Waals surface area (Å²) in [4.78, 5) is 17.7. The number of hydrogen-bond donors (Lipinski definition) is 2. The summed E-state index contributed by atoms with van der Waals surface area (Å²) in [6.45, 7) is 1.54. The van der Waals surface area contributed by atoms with Gasteiger partial charge in [-0.1, -0.05) is 18.9 Å². The average Bonchev–Trinajstić information content (AvgIpc) is 3.77. The summed E-state index contributed by atoms with van der Waals surface area (Å²) in [5.41, 5.74) is -1.66. The zero-order chi connectivity index (χ0) is 34.9. The lowest BCUT2D eigenvalue weighted by Gasteiger charge is -2.42. The Bertz CT molecular complexity index is 2130. The number of aromatic hydroxyl groups is 1. The Balaban J connectivity index is 1.27. The van der Waals surface area contributed by atoms with Gasteiger partial charge in [0.25, 0.3) is 6.08 Å². The Hall–Kier alpha value is -4.47. The highest BCUT2D eigenvalue weighted by atomic mass is 19.3. The fourth-order valence-corrected chi connectivity index (χ4v) is 8.23. The van der Waals surface area contributed by atoms with Gasteiger partial charge >= 0.3 is 6.01 Å². The molecule has 4 aliphatic heterocycles. The van der Waals surface area contributed by atoms with Gasteiger partial charge in [-0.25, -0.2) is 8.78 Å². The molecule has 4 fully saturated rings. The van der Waals surface area contributed by atoms with Gasteiger partial charge in [0.2, 0.25) is 0 Å². The number of piperazine rings is 1. The maximum absolute atomic E-state index is 17.0. The molecule has 0 spiro atoms. The molecule has 0 radical (unpaired) electrons. The van der Waals surface area contributed by atoms with Crippen LogP contribution in [0.15, 0.2) is 42.1 Å². The highest BCUT2D eigenvalue weighted by molar-refractivity contribution is 6.03. The Labute approximate surface area is 277 Å². The van der Waals surface area contributed by atoms with E-state index in [1.165, 1.54) is 30.5 Å². The molecule has 4 saturated heterocycles. The van der Waals surface area contributed by atoms with Crippen LogP contribution in [0.5, 0.6) is 11.8 Å². The Kier molecular flexibility index (Phi) is 6.72. The third-order valence-corrected chi connectivity index (χ3v) is 10.5. The predicted molar refractivity (Wildman–Crippen MR) is 174 cm³/mol. The predicted octanol–water partition coefficient (Wildman–Crippen LogP) is 6.30. The smallest absolute Gasteiger partial charge is 0.319 e. The van der Waals surface area contributed by atoms with E-state index in [0.717, 1.165) is 12.8 Å². The van der Waals surface area contributed by atoms with Crippen LogP contribution in [-0.4, -0.2) is 74.9 Å². The van der Waals surface area contributed by atoms with Crippen LogP contribution in [-0.2, 0) is 0 Å². The van der Waals surface area contributed by atoms with Gasteiger partial charge in [-0.15, -0.1) is 6.42 Å². The molecule has 6 heterocycles. The topological polar surface area (TPSA) is 86.6 Å². The van der Waals surface area contributed by atoms with Gasteiger partial charge in [0, 0.05) is 56.7 Å². The molecule has 0 amide bonds. The van der Waals surface area contributed by atoms with Crippen LogP contribution in [0.25, 0.3) is 32.9 Å². The van der Waals surface area contributed by atoms with Gasteiger partial charge < -0.3 is 20.1 Å². The molecule has 8 nitrogen and oxygen atoms in total. The van der Waals surface area contributed by atoms with Crippen molar-refractivity contribution in [3.05, 3.63) is 59.3 Å². The van der Waals surface area contributed by atoms with E-state index in [9.17, 15) is 18.3 Å². The molecule has 2 aromatic heterocycles. The molecule has 8 rings (SSSR count). The van der Waals surface area contributed by atoms with Crippen molar-refractivity contribution >= 4 is 27.5 Å². The molecule has 2 aromatic carbocycles.